The molecule has 1 amide bonds. The van der Waals surface area contributed by atoms with Crippen molar-refractivity contribution in [3.05, 3.63) is 48.2 Å². The number of ether oxygens (including phenoxy) is 4. The first-order valence-electron chi connectivity index (χ1n) is 8.46. The first-order valence-corrected chi connectivity index (χ1v) is 8.46. The molecule has 0 saturated heterocycles. The lowest BCUT2D eigenvalue weighted by molar-refractivity contribution is -0.136. The van der Waals surface area contributed by atoms with Gasteiger partial charge >= 0.3 is 0 Å². The first kappa shape index (κ1) is 18.2. The van der Waals surface area contributed by atoms with E-state index in [0.717, 1.165) is 5.56 Å². The predicted octanol–water partition coefficient (Wildman–Crippen LogP) is 2.26. The van der Waals surface area contributed by atoms with Gasteiger partial charge in [0, 0.05) is 25.4 Å². The molecule has 7 heteroatoms. The van der Waals surface area contributed by atoms with Crippen LogP contribution in [0.3, 0.4) is 0 Å². The third-order valence-corrected chi connectivity index (χ3v) is 3.88. The maximum absolute atomic E-state index is 12.4. The molecule has 2 aromatic rings. The van der Waals surface area contributed by atoms with Crippen molar-refractivity contribution in [3.63, 3.8) is 0 Å². The average molecular weight is 358 g/mol. The predicted molar refractivity (Wildman–Crippen MR) is 94.4 cm³/mol. The number of rotatable bonds is 2. The van der Waals surface area contributed by atoms with Gasteiger partial charge in [0.25, 0.3) is 0 Å². The number of carbonyl (C=O) groups excluding carboxylic acids is 1. The molecule has 0 atom stereocenters. The van der Waals surface area contributed by atoms with Crippen LogP contribution in [0.25, 0.3) is 0 Å². The summed E-state index contributed by atoms with van der Waals surface area (Å²) in [5, 5.41) is 0. The quantitative estimate of drug-likeness (QED) is 0.820. The molecule has 0 aliphatic carbocycles. The highest BCUT2D eigenvalue weighted by Crippen LogP contribution is 2.32. The summed E-state index contributed by atoms with van der Waals surface area (Å²) in [7, 11) is 1.50. The molecular weight excluding hydrogens is 336 g/mol. The van der Waals surface area contributed by atoms with E-state index in [0.29, 0.717) is 50.3 Å². The highest BCUT2D eigenvalue weighted by Gasteiger charge is 2.18. The number of pyridine rings is 1. The molecule has 3 rings (SSSR count). The number of hydrogen-bond donors (Lipinski definition) is 0. The summed E-state index contributed by atoms with van der Waals surface area (Å²) in [4.78, 5) is 18.4. The molecule has 1 aliphatic rings. The molecule has 2 heterocycles. The molecular formula is C19H22N2O5. The van der Waals surface area contributed by atoms with Crippen LogP contribution >= 0.6 is 0 Å². The van der Waals surface area contributed by atoms with E-state index in [1.807, 2.05) is 36.4 Å². The second-order valence-electron chi connectivity index (χ2n) is 5.73. The molecule has 1 aromatic heterocycles. The zero-order chi connectivity index (χ0) is 18.2. The van der Waals surface area contributed by atoms with Gasteiger partial charge in [0.2, 0.25) is 11.8 Å². The lowest BCUT2D eigenvalue weighted by atomic mass is 10.2. The second-order valence-corrected chi connectivity index (χ2v) is 5.73. The Morgan fingerprint density at radius 3 is 2.85 bits per heavy atom. The Morgan fingerprint density at radius 2 is 2.00 bits per heavy atom. The number of amides is 1. The highest BCUT2D eigenvalue weighted by atomic mass is 16.5. The largest absolute Gasteiger partial charge is 0.487 e. The number of benzene rings is 1. The van der Waals surface area contributed by atoms with E-state index in [2.05, 4.69) is 4.98 Å². The summed E-state index contributed by atoms with van der Waals surface area (Å²) in [6.45, 7) is 2.05. The second kappa shape index (κ2) is 9.17. The number of carbonyl (C=O) groups is 1. The average Bonchev–Trinajstić information content (AvgIpc) is 2.67. The van der Waals surface area contributed by atoms with Crippen molar-refractivity contribution in [1.82, 2.24) is 9.88 Å². The van der Waals surface area contributed by atoms with Crippen molar-refractivity contribution in [2.45, 2.75) is 6.54 Å². The van der Waals surface area contributed by atoms with Crippen LogP contribution in [0.15, 0.2) is 42.6 Å². The summed E-state index contributed by atoms with van der Waals surface area (Å²) in [5.74, 6) is 1.53. The summed E-state index contributed by atoms with van der Waals surface area (Å²) in [6.07, 6.45) is 1.66. The van der Waals surface area contributed by atoms with Crippen LogP contribution in [-0.2, 0) is 20.8 Å². The van der Waals surface area contributed by atoms with E-state index in [1.165, 1.54) is 7.11 Å². The van der Waals surface area contributed by atoms with Crippen LogP contribution in [-0.4, -0.2) is 55.9 Å². The summed E-state index contributed by atoms with van der Waals surface area (Å²) >= 11 is 0. The molecule has 0 unspecified atom stereocenters. The fourth-order valence-electron chi connectivity index (χ4n) is 2.59. The van der Waals surface area contributed by atoms with E-state index in [4.69, 9.17) is 18.9 Å². The molecule has 0 fully saturated rings. The molecule has 1 aromatic carbocycles. The number of hydrogen-bond acceptors (Lipinski definition) is 6. The smallest absolute Gasteiger partial charge is 0.248 e. The minimum atomic E-state index is -0.113. The highest BCUT2D eigenvalue weighted by molar-refractivity contribution is 5.77. The van der Waals surface area contributed by atoms with Crippen LogP contribution in [0.5, 0.6) is 17.4 Å². The van der Waals surface area contributed by atoms with Gasteiger partial charge in [0.15, 0.2) is 11.5 Å². The fraction of sp³-hybridized carbons (Fsp3) is 0.368. The molecule has 7 nitrogen and oxygen atoms in total. The van der Waals surface area contributed by atoms with E-state index in [-0.39, 0.29) is 12.5 Å². The fourth-order valence-corrected chi connectivity index (χ4v) is 2.59. The van der Waals surface area contributed by atoms with E-state index in [9.17, 15) is 4.79 Å². The number of methoxy groups -OCH3 is 1. The van der Waals surface area contributed by atoms with Gasteiger partial charge in [-0.3, -0.25) is 4.79 Å². The van der Waals surface area contributed by atoms with Gasteiger partial charge in [0.05, 0.1) is 19.8 Å². The maximum Gasteiger partial charge on any atom is 0.248 e. The van der Waals surface area contributed by atoms with Gasteiger partial charge in [-0.25, -0.2) is 4.98 Å². The number of nitrogens with zero attached hydrogens (tertiary/aromatic N) is 2. The minimum Gasteiger partial charge on any atom is -0.487 e. The summed E-state index contributed by atoms with van der Waals surface area (Å²) < 4.78 is 22.3. The van der Waals surface area contributed by atoms with Crippen LogP contribution < -0.4 is 9.47 Å². The van der Waals surface area contributed by atoms with Gasteiger partial charge in [-0.1, -0.05) is 18.2 Å². The number of aromatic nitrogens is 1. The van der Waals surface area contributed by atoms with Crippen LogP contribution in [0.4, 0.5) is 0 Å². The Morgan fingerprint density at radius 1 is 1.15 bits per heavy atom. The third-order valence-electron chi connectivity index (χ3n) is 3.88. The van der Waals surface area contributed by atoms with Crippen molar-refractivity contribution < 1.29 is 23.7 Å². The first-order chi connectivity index (χ1) is 12.8. The van der Waals surface area contributed by atoms with Crippen LogP contribution in [0, 0.1) is 0 Å². The molecule has 0 saturated carbocycles. The normalized spacial score (nSPS) is 15.2. The molecule has 26 heavy (non-hydrogen) atoms. The maximum atomic E-state index is 12.4. The third kappa shape index (κ3) is 4.71. The van der Waals surface area contributed by atoms with Crippen molar-refractivity contribution in [2.75, 3.05) is 40.1 Å². The zero-order valence-corrected chi connectivity index (χ0v) is 14.7. The zero-order valence-electron chi connectivity index (χ0n) is 14.7. The number of fused-ring (bicyclic) bond motifs is 2. The minimum absolute atomic E-state index is 0.0163. The Bertz CT molecular complexity index is 737. The van der Waals surface area contributed by atoms with E-state index < -0.39 is 0 Å². The van der Waals surface area contributed by atoms with E-state index in [1.54, 1.807) is 11.1 Å². The molecule has 0 N–H and O–H groups in total. The standard InChI is InChI=1S/C19H22N2O5/c1-23-14-18(22)21-9-10-24-11-12-25-16-6-2-3-7-17(16)26-19-15(13-21)5-4-8-20-19/h2-8H,9-14H2,1H3. The van der Waals surface area contributed by atoms with Gasteiger partial charge in [-0.05, 0) is 18.2 Å². The van der Waals surface area contributed by atoms with Gasteiger partial charge in [-0.2, -0.15) is 0 Å². The molecule has 1 aliphatic heterocycles. The lowest BCUT2D eigenvalue weighted by Gasteiger charge is -2.23. The molecule has 0 radical (unpaired) electrons. The Kier molecular flexibility index (Phi) is 6.40. The van der Waals surface area contributed by atoms with Crippen LogP contribution in [0.1, 0.15) is 5.56 Å². The topological polar surface area (TPSA) is 70.1 Å². The van der Waals surface area contributed by atoms with Crippen molar-refractivity contribution in [1.29, 1.82) is 0 Å². The van der Waals surface area contributed by atoms with E-state index >= 15 is 0 Å². The number of para-hydroxylation sites is 2. The lowest BCUT2D eigenvalue weighted by Crippen LogP contribution is -2.36. The summed E-state index contributed by atoms with van der Waals surface area (Å²) in [5.41, 5.74) is 0.797. The van der Waals surface area contributed by atoms with Crippen molar-refractivity contribution in [2.24, 2.45) is 0 Å². The van der Waals surface area contributed by atoms with Gasteiger partial charge in [-0.15, -0.1) is 0 Å². The van der Waals surface area contributed by atoms with Crippen LogP contribution in [0.2, 0.25) is 0 Å². The van der Waals surface area contributed by atoms with Crippen molar-refractivity contribution in [3.8, 4) is 17.4 Å². The summed E-state index contributed by atoms with van der Waals surface area (Å²) in [6, 6.07) is 11.1. The Balaban J connectivity index is 1.91. The monoisotopic (exact) mass is 358 g/mol. The van der Waals surface area contributed by atoms with Gasteiger partial charge < -0.3 is 23.8 Å². The molecule has 0 bridgehead atoms. The molecule has 0 spiro atoms. The SMILES string of the molecule is COCC(=O)N1CCOCCOc2ccccc2Oc2ncccc2C1. The Hall–Kier alpha value is -2.64. The Labute approximate surface area is 152 Å². The molecule has 138 valence electrons. The van der Waals surface area contributed by atoms with Crippen molar-refractivity contribution >= 4 is 5.91 Å². The van der Waals surface area contributed by atoms with Gasteiger partial charge in [0.1, 0.15) is 13.2 Å².